The number of aliphatic carboxylic acids is 1. The maximum Gasteiger partial charge on any atom is 0.347 e. The average Bonchev–Trinajstić information content (AvgIpc) is 3.14. The summed E-state index contributed by atoms with van der Waals surface area (Å²) in [6.07, 6.45) is 1.26. The van der Waals surface area contributed by atoms with E-state index in [9.17, 15) is 23.9 Å². The van der Waals surface area contributed by atoms with Crippen LogP contribution in [0.3, 0.4) is 0 Å². The topological polar surface area (TPSA) is 105 Å². The summed E-state index contributed by atoms with van der Waals surface area (Å²) < 4.78 is 20.5. The highest BCUT2D eigenvalue weighted by atomic mass is 35.5. The van der Waals surface area contributed by atoms with Gasteiger partial charge in [-0.1, -0.05) is 35.3 Å². The van der Waals surface area contributed by atoms with Gasteiger partial charge in [0.15, 0.2) is 5.60 Å². The number of fused-ring (bicyclic) bond motifs is 2. The van der Waals surface area contributed by atoms with Crippen LogP contribution in [-0.2, 0) is 19.8 Å². The first-order valence-electron chi connectivity index (χ1n) is 12.0. The molecule has 0 aromatic heterocycles. The molecule has 0 saturated heterocycles. The Balaban J connectivity index is 1.85. The molecule has 1 unspecified atom stereocenters. The Morgan fingerprint density at radius 1 is 1.05 bits per heavy atom. The van der Waals surface area contributed by atoms with E-state index >= 15 is 0 Å². The number of anilines is 1. The van der Waals surface area contributed by atoms with Gasteiger partial charge in [-0.2, -0.15) is 0 Å². The maximum absolute atomic E-state index is 14.6. The lowest BCUT2D eigenvalue weighted by Crippen LogP contribution is -2.52. The van der Waals surface area contributed by atoms with Gasteiger partial charge in [-0.15, -0.1) is 0 Å². The first-order valence-corrected chi connectivity index (χ1v) is 12.7. The van der Waals surface area contributed by atoms with E-state index in [-0.39, 0.29) is 21.9 Å². The van der Waals surface area contributed by atoms with Crippen molar-refractivity contribution in [2.24, 2.45) is 0 Å². The van der Waals surface area contributed by atoms with Crippen molar-refractivity contribution in [2.75, 3.05) is 5.32 Å². The number of nitrogens with one attached hydrogen (secondary N) is 2. The number of halogens is 3. The van der Waals surface area contributed by atoms with Crippen LogP contribution < -0.4 is 15.4 Å². The molecule has 2 aliphatic rings. The molecule has 39 heavy (non-hydrogen) atoms. The summed E-state index contributed by atoms with van der Waals surface area (Å²) in [5.41, 5.74) is -0.892. The third kappa shape index (κ3) is 4.33. The number of amides is 2. The number of hydrogen-bond donors (Lipinski definition) is 3. The van der Waals surface area contributed by atoms with Crippen LogP contribution >= 0.6 is 23.2 Å². The largest absolute Gasteiger partial charge is 0.478 e. The predicted octanol–water partition coefficient (Wildman–Crippen LogP) is 5.83. The van der Waals surface area contributed by atoms with Gasteiger partial charge in [0.1, 0.15) is 17.0 Å². The number of ether oxygens (including phenoxy) is 1. The second-order valence-electron chi connectivity index (χ2n) is 10.0. The number of hydrogen-bond acceptors (Lipinski definition) is 4. The minimum atomic E-state index is -1.66. The number of benzene rings is 3. The molecule has 3 N–H and O–H groups in total. The smallest absolute Gasteiger partial charge is 0.347 e. The Labute approximate surface area is 233 Å². The molecule has 2 aliphatic heterocycles. The van der Waals surface area contributed by atoms with Crippen molar-refractivity contribution in [1.82, 2.24) is 5.32 Å². The molecule has 3 aromatic carbocycles. The lowest BCUT2D eigenvalue weighted by molar-refractivity contribution is -0.152. The fraction of sp³-hybridized carbons (Fsp3) is 0.207. The molecule has 1 spiro atoms. The second-order valence-corrected chi connectivity index (χ2v) is 10.9. The van der Waals surface area contributed by atoms with E-state index in [2.05, 4.69) is 10.6 Å². The third-order valence-corrected chi connectivity index (χ3v) is 7.57. The van der Waals surface area contributed by atoms with E-state index in [1.807, 2.05) is 0 Å². The summed E-state index contributed by atoms with van der Waals surface area (Å²) in [7, 11) is 0. The van der Waals surface area contributed by atoms with E-state index in [1.165, 1.54) is 50.3 Å². The van der Waals surface area contributed by atoms with Crippen LogP contribution in [0.25, 0.3) is 5.57 Å². The molecule has 10 heteroatoms. The molecule has 0 fully saturated rings. The highest BCUT2D eigenvalue weighted by Gasteiger charge is 2.59. The van der Waals surface area contributed by atoms with Gasteiger partial charge >= 0.3 is 5.97 Å². The highest BCUT2D eigenvalue weighted by Crippen LogP contribution is 2.57. The molecule has 2 atom stereocenters. The Kier molecular flexibility index (Phi) is 6.44. The van der Waals surface area contributed by atoms with Crippen molar-refractivity contribution < 1.29 is 28.6 Å². The number of carboxylic acids is 1. The fourth-order valence-electron chi connectivity index (χ4n) is 5.20. The van der Waals surface area contributed by atoms with Gasteiger partial charge in [0.05, 0.1) is 6.04 Å². The number of rotatable bonds is 5. The van der Waals surface area contributed by atoms with E-state index < -0.39 is 40.7 Å². The Hall–Kier alpha value is -3.88. The highest BCUT2D eigenvalue weighted by molar-refractivity contribution is 6.32. The summed E-state index contributed by atoms with van der Waals surface area (Å²) in [5, 5.41) is 16.1. The zero-order valence-corrected chi connectivity index (χ0v) is 22.6. The summed E-state index contributed by atoms with van der Waals surface area (Å²) in [5.74, 6) is -2.70. The van der Waals surface area contributed by atoms with Gasteiger partial charge < -0.3 is 20.5 Å². The first kappa shape index (κ1) is 26.7. The molecule has 0 bridgehead atoms. The number of carboxylic acid groups (broad SMARTS) is 1. The molecular weight excluding hydrogens is 546 g/mol. The van der Waals surface area contributed by atoms with Crippen molar-refractivity contribution in [3.63, 3.8) is 0 Å². The monoisotopic (exact) mass is 568 g/mol. The van der Waals surface area contributed by atoms with Crippen LogP contribution in [-0.4, -0.2) is 28.5 Å². The van der Waals surface area contributed by atoms with Crippen LogP contribution in [0.1, 0.15) is 42.1 Å². The Morgan fingerprint density at radius 3 is 2.46 bits per heavy atom. The quantitative estimate of drug-likeness (QED) is 0.359. The van der Waals surface area contributed by atoms with Crippen molar-refractivity contribution in [1.29, 1.82) is 0 Å². The average molecular weight is 569 g/mol. The second kappa shape index (κ2) is 9.39. The summed E-state index contributed by atoms with van der Waals surface area (Å²) >= 11 is 12.6. The third-order valence-electron chi connectivity index (χ3n) is 7.10. The lowest BCUT2D eigenvalue weighted by Gasteiger charge is -2.42. The van der Waals surface area contributed by atoms with Gasteiger partial charge in [0, 0.05) is 27.4 Å². The molecule has 3 aromatic rings. The van der Waals surface area contributed by atoms with Crippen molar-refractivity contribution in [3.8, 4) is 5.75 Å². The molecule has 2 amide bonds. The molecule has 0 saturated carbocycles. The van der Waals surface area contributed by atoms with Crippen molar-refractivity contribution >= 4 is 52.2 Å². The van der Waals surface area contributed by atoms with Crippen LogP contribution in [0, 0.1) is 12.7 Å². The number of carbonyl (C=O) groups is 3. The van der Waals surface area contributed by atoms with E-state index in [4.69, 9.17) is 27.9 Å². The van der Waals surface area contributed by atoms with E-state index in [0.717, 1.165) is 0 Å². The number of carbonyl (C=O) groups excluding carboxylic acids is 2. The minimum absolute atomic E-state index is 0.0945. The number of aryl methyl sites for hydroxylation is 1. The summed E-state index contributed by atoms with van der Waals surface area (Å²) in [6.45, 7) is 4.51. The molecule has 7 nitrogen and oxygen atoms in total. The van der Waals surface area contributed by atoms with Crippen molar-refractivity contribution in [2.45, 2.75) is 37.8 Å². The molecule has 200 valence electrons. The van der Waals surface area contributed by atoms with Crippen LogP contribution in [0.15, 0.2) is 60.7 Å². The SMILES string of the molecule is Cc1ccc(F)cc1C1NC(=O)C=C(c2cc(Cl)ccc2OC(C)(C)C(=O)O)[C@@]12C(=O)Nc1cc(Cl)ccc12. The van der Waals surface area contributed by atoms with Crippen LogP contribution in [0.5, 0.6) is 5.75 Å². The van der Waals surface area contributed by atoms with Crippen LogP contribution in [0.2, 0.25) is 10.0 Å². The fourth-order valence-corrected chi connectivity index (χ4v) is 5.54. The normalized spacial score (nSPS) is 20.3. The molecule has 2 heterocycles. The molecule has 0 radical (unpaired) electrons. The first-order chi connectivity index (χ1) is 18.3. The van der Waals surface area contributed by atoms with Gasteiger partial charge in [-0.05, 0) is 85.5 Å². The summed E-state index contributed by atoms with van der Waals surface area (Å²) in [4.78, 5) is 39.3. The lowest BCUT2D eigenvalue weighted by atomic mass is 9.63. The molecular formula is C29H23Cl2FN2O5. The summed E-state index contributed by atoms with van der Waals surface area (Å²) in [6, 6.07) is 12.5. The maximum atomic E-state index is 14.6. The van der Waals surface area contributed by atoms with E-state index in [1.54, 1.807) is 31.2 Å². The van der Waals surface area contributed by atoms with Crippen molar-refractivity contribution in [3.05, 3.63) is 98.8 Å². The predicted molar refractivity (Wildman–Crippen MR) is 146 cm³/mol. The van der Waals surface area contributed by atoms with Gasteiger partial charge in [-0.25, -0.2) is 9.18 Å². The van der Waals surface area contributed by atoms with Crippen LogP contribution in [0.4, 0.5) is 10.1 Å². The minimum Gasteiger partial charge on any atom is -0.478 e. The molecule has 5 rings (SSSR count). The van der Waals surface area contributed by atoms with Gasteiger partial charge in [-0.3, -0.25) is 9.59 Å². The van der Waals surface area contributed by atoms with Gasteiger partial charge in [0.25, 0.3) is 0 Å². The van der Waals surface area contributed by atoms with Gasteiger partial charge in [0.2, 0.25) is 11.8 Å². The Morgan fingerprint density at radius 2 is 1.74 bits per heavy atom. The standard InChI is InChI=1S/C29H23Cl2FN2O5/c1-14-4-7-17(32)12-18(14)25-29(20-8-5-16(31)11-22(20)33-26(29)36)21(13-24(35)34-25)19-10-15(30)6-9-23(19)39-28(2,3)27(37)38/h4-13,25H,1-3H3,(H,33,36)(H,34,35)(H,37,38)/t25?,29-/m1/s1. The van der Waals surface area contributed by atoms with E-state index in [0.29, 0.717) is 27.4 Å². The Bertz CT molecular complexity index is 1600. The zero-order chi connectivity index (χ0) is 28.3. The zero-order valence-electron chi connectivity index (χ0n) is 21.1. The molecule has 0 aliphatic carbocycles.